The van der Waals surface area contributed by atoms with Crippen molar-refractivity contribution in [2.24, 2.45) is 5.41 Å². The molecule has 0 aliphatic heterocycles. The van der Waals surface area contributed by atoms with Gasteiger partial charge in [0.15, 0.2) is 0 Å². The van der Waals surface area contributed by atoms with E-state index in [9.17, 15) is 9.59 Å². The van der Waals surface area contributed by atoms with Crippen LogP contribution in [0.2, 0.25) is 0 Å². The third-order valence-electron chi connectivity index (χ3n) is 3.81. The smallest absolute Gasteiger partial charge is 0.309 e. The Balaban J connectivity index is 2.00. The van der Waals surface area contributed by atoms with Crippen LogP contribution in [-0.2, 0) is 9.59 Å². The third-order valence-corrected chi connectivity index (χ3v) is 3.81. The summed E-state index contributed by atoms with van der Waals surface area (Å²) < 4.78 is 0. The molecular formula is C13H22O4. The number of carboxylic acids is 2. The van der Waals surface area contributed by atoms with E-state index in [4.69, 9.17) is 10.2 Å². The zero-order chi connectivity index (χ0) is 12.7. The SMILES string of the molecule is O=C(O)CCCCCCCC1(C(=O)O)CCC1. The van der Waals surface area contributed by atoms with E-state index in [0.717, 1.165) is 57.8 Å². The highest BCUT2D eigenvalue weighted by atomic mass is 16.4. The van der Waals surface area contributed by atoms with Crippen molar-refractivity contribution in [3.63, 3.8) is 0 Å². The van der Waals surface area contributed by atoms with Crippen molar-refractivity contribution >= 4 is 11.9 Å². The predicted octanol–water partition coefficient (Wildman–Crippen LogP) is 3.06. The summed E-state index contributed by atoms with van der Waals surface area (Å²) in [5.41, 5.74) is -0.416. The monoisotopic (exact) mass is 242 g/mol. The molecular weight excluding hydrogens is 220 g/mol. The second-order valence-corrected chi connectivity index (χ2v) is 5.10. The van der Waals surface area contributed by atoms with Gasteiger partial charge >= 0.3 is 11.9 Å². The Kier molecular flexibility index (Phi) is 5.45. The van der Waals surface area contributed by atoms with Crippen LogP contribution in [0.4, 0.5) is 0 Å². The van der Waals surface area contributed by atoms with Crippen molar-refractivity contribution in [1.82, 2.24) is 0 Å². The Morgan fingerprint density at radius 2 is 1.53 bits per heavy atom. The minimum Gasteiger partial charge on any atom is -0.481 e. The molecule has 1 rings (SSSR count). The van der Waals surface area contributed by atoms with Gasteiger partial charge in [-0.2, -0.15) is 0 Å². The predicted molar refractivity (Wildman–Crippen MR) is 63.9 cm³/mol. The molecule has 1 aliphatic carbocycles. The van der Waals surface area contributed by atoms with Crippen LogP contribution in [0, 0.1) is 5.41 Å². The van der Waals surface area contributed by atoms with Gasteiger partial charge in [-0.1, -0.05) is 32.1 Å². The zero-order valence-electron chi connectivity index (χ0n) is 10.3. The van der Waals surface area contributed by atoms with Crippen molar-refractivity contribution < 1.29 is 19.8 Å². The quantitative estimate of drug-likeness (QED) is 0.609. The normalized spacial score (nSPS) is 17.4. The van der Waals surface area contributed by atoms with Gasteiger partial charge in [-0.3, -0.25) is 9.59 Å². The molecule has 1 fully saturated rings. The summed E-state index contributed by atoms with van der Waals surface area (Å²) in [6.07, 6.45) is 8.43. The van der Waals surface area contributed by atoms with E-state index in [1.54, 1.807) is 0 Å². The largest absolute Gasteiger partial charge is 0.481 e. The third kappa shape index (κ3) is 4.36. The number of rotatable bonds is 9. The van der Waals surface area contributed by atoms with Crippen LogP contribution in [0.3, 0.4) is 0 Å². The summed E-state index contributed by atoms with van der Waals surface area (Å²) in [7, 11) is 0. The molecule has 0 atom stereocenters. The van der Waals surface area contributed by atoms with Crippen molar-refractivity contribution in [3.05, 3.63) is 0 Å². The van der Waals surface area contributed by atoms with Gasteiger partial charge in [-0.05, 0) is 25.7 Å². The minimum absolute atomic E-state index is 0.249. The average molecular weight is 242 g/mol. The Bertz CT molecular complexity index is 269. The second-order valence-electron chi connectivity index (χ2n) is 5.10. The van der Waals surface area contributed by atoms with E-state index in [0.29, 0.717) is 0 Å². The highest BCUT2D eigenvalue weighted by molar-refractivity contribution is 5.75. The van der Waals surface area contributed by atoms with Crippen LogP contribution < -0.4 is 0 Å². The maximum atomic E-state index is 11.1. The van der Waals surface area contributed by atoms with Gasteiger partial charge < -0.3 is 10.2 Å². The first-order valence-electron chi connectivity index (χ1n) is 6.52. The molecule has 0 heterocycles. The first-order chi connectivity index (χ1) is 8.07. The maximum absolute atomic E-state index is 11.1. The molecule has 17 heavy (non-hydrogen) atoms. The molecule has 0 spiro atoms. The molecule has 4 heteroatoms. The molecule has 0 aromatic carbocycles. The molecule has 0 unspecified atom stereocenters. The fourth-order valence-electron chi connectivity index (χ4n) is 2.44. The average Bonchev–Trinajstić information content (AvgIpc) is 2.18. The van der Waals surface area contributed by atoms with E-state index in [1.165, 1.54) is 0 Å². The van der Waals surface area contributed by atoms with Crippen molar-refractivity contribution in [3.8, 4) is 0 Å². The van der Waals surface area contributed by atoms with Crippen molar-refractivity contribution in [2.75, 3.05) is 0 Å². The number of unbranched alkanes of at least 4 members (excludes halogenated alkanes) is 4. The van der Waals surface area contributed by atoms with Gasteiger partial charge in [-0.15, -0.1) is 0 Å². The van der Waals surface area contributed by atoms with Gasteiger partial charge in [0.05, 0.1) is 5.41 Å². The molecule has 0 aromatic rings. The summed E-state index contributed by atoms with van der Waals surface area (Å²) in [5.74, 6) is -1.36. The van der Waals surface area contributed by atoms with Crippen LogP contribution in [0.15, 0.2) is 0 Å². The van der Waals surface area contributed by atoms with Gasteiger partial charge in [0.25, 0.3) is 0 Å². The summed E-state index contributed by atoms with van der Waals surface area (Å²) in [6, 6.07) is 0. The summed E-state index contributed by atoms with van der Waals surface area (Å²) >= 11 is 0. The van der Waals surface area contributed by atoms with Gasteiger partial charge in [-0.25, -0.2) is 0 Å². The molecule has 1 aliphatic rings. The first kappa shape index (κ1) is 14.0. The van der Waals surface area contributed by atoms with E-state index >= 15 is 0 Å². The zero-order valence-corrected chi connectivity index (χ0v) is 10.3. The molecule has 1 saturated carbocycles. The Labute approximate surface area is 102 Å². The van der Waals surface area contributed by atoms with Crippen LogP contribution in [0.1, 0.15) is 64.2 Å². The minimum atomic E-state index is -0.732. The Morgan fingerprint density at radius 1 is 0.941 bits per heavy atom. The number of carboxylic acid groups (broad SMARTS) is 2. The fraction of sp³-hybridized carbons (Fsp3) is 0.846. The molecule has 0 amide bonds. The van der Waals surface area contributed by atoms with Crippen LogP contribution in [0.5, 0.6) is 0 Å². The topological polar surface area (TPSA) is 74.6 Å². The lowest BCUT2D eigenvalue weighted by Gasteiger charge is -2.37. The lowest BCUT2D eigenvalue weighted by Crippen LogP contribution is -2.37. The number of aliphatic carboxylic acids is 2. The molecule has 0 radical (unpaired) electrons. The lowest BCUT2D eigenvalue weighted by molar-refractivity contribution is -0.155. The van der Waals surface area contributed by atoms with E-state index < -0.39 is 17.4 Å². The molecule has 0 aromatic heterocycles. The number of hydrogen-bond acceptors (Lipinski definition) is 2. The van der Waals surface area contributed by atoms with E-state index in [2.05, 4.69) is 0 Å². The van der Waals surface area contributed by atoms with Crippen molar-refractivity contribution in [1.29, 1.82) is 0 Å². The highest BCUT2D eigenvalue weighted by Gasteiger charge is 2.43. The Hall–Kier alpha value is -1.06. The van der Waals surface area contributed by atoms with Crippen LogP contribution in [0.25, 0.3) is 0 Å². The molecule has 0 bridgehead atoms. The van der Waals surface area contributed by atoms with Gasteiger partial charge in [0, 0.05) is 6.42 Å². The maximum Gasteiger partial charge on any atom is 0.309 e. The van der Waals surface area contributed by atoms with E-state index in [1.807, 2.05) is 0 Å². The molecule has 4 nitrogen and oxygen atoms in total. The van der Waals surface area contributed by atoms with Crippen LogP contribution in [-0.4, -0.2) is 22.2 Å². The first-order valence-corrected chi connectivity index (χ1v) is 6.52. The molecule has 2 N–H and O–H groups in total. The Morgan fingerprint density at radius 3 is 2.00 bits per heavy atom. The second kappa shape index (κ2) is 6.62. The highest BCUT2D eigenvalue weighted by Crippen LogP contribution is 2.45. The fourth-order valence-corrected chi connectivity index (χ4v) is 2.44. The lowest BCUT2D eigenvalue weighted by atomic mass is 9.66. The van der Waals surface area contributed by atoms with Gasteiger partial charge in [0.2, 0.25) is 0 Å². The number of carbonyl (C=O) groups is 2. The molecule has 98 valence electrons. The van der Waals surface area contributed by atoms with E-state index in [-0.39, 0.29) is 6.42 Å². The standard InChI is InChI=1S/C13H22O4/c14-11(15)7-4-2-1-3-5-8-13(12(16)17)9-6-10-13/h1-10H2,(H,14,15)(H,16,17). The molecule has 0 saturated heterocycles. The summed E-state index contributed by atoms with van der Waals surface area (Å²) in [5, 5.41) is 17.6. The van der Waals surface area contributed by atoms with Crippen LogP contribution >= 0.6 is 0 Å². The van der Waals surface area contributed by atoms with Gasteiger partial charge in [0.1, 0.15) is 0 Å². The summed E-state index contributed by atoms with van der Waals surface area (Å²) in [6.45, 7) is 0. The number of hydrogen-bond donors (Lipinski definition) is 2. The van der Waals surface area contributed by atoms with Crippen molar-refractivity contribution in [2.45, 2.75) is 64.2 Å². The summed E-state index contributed by atoms with van der Waals surface area (Å²) in [4.78, 5) is 21.4.